The lowest BCUT2D eigenvalue weighted by Crippen LogP contribution is -2.34. The number of benzene rings is 1. The molecule has 0 fully saturated rings. The molecule has 0 radical (unpaired) electrons. The molecule has 0 saturated heterocycles. The van der Waals surface area contributed by atoms with E-state index in [-0.39, 0.29) is 11.8 Å². The average molecular weight is 754 g/mol. The fourth-order valence-corrected chi connectivity index (χ4v) is 10.1. The number of rotatable bonds is 22. The van der Waals surface area contributed by atoms with E-state index in [0.29, 0.717) is 23.6 Å². The molecule has 3 heterocycles. The summed E-state index contributed by atoms with van der Waals surface area (Å²) in [5.41, 5.74) is 1.23. The second kappa shape index (κ2) is 18.4. The Morgan fingerprint density at radius 2 is 0.930 bits per heavy atom. The van der Waals surface area contributed by atoms with E-state index in [0.717, 1.165) is 40.6 Å². The standard InChI is InChI=1S/C36H51Br2NO2S2/c1-3-5-7-9-11-13-14-16-18-20-22-26(21-19-17-15-12-10-8-6-4-2)25-39-35(40)31-27-23-29(37)42-33(27)34-28(24-30(38)43-34)32(31)36(39)41/h23-24,26H,3-22,25H2,1-2H3. The Bertz CT molecular complexity index is 1250. The lowest BCUT2D eigenvalue weighted by Gasteiger charge is -2.23. The maximum Gasteiger partial charge on any atom is 0.262 e. The van der Waals surface area contributed by atoms with Gasteiger partial charge in [0, 0.05) is 17.3 Å². The van der Waals surface area contributed by atoms with E-state index >= 15 is 0 Å². The molecule has 3 nitrogen and oxygen atoms in total. The van der Waals surface area contributed by atoms with Crippen molar-refractivity contribution in [3.8, 4) is 0 Å². The van der Waals surface area contributed by atoms with Crippen LogP contribution in [0.5, 0.6) is 0 Å². The van der Waals surface area contributed by atoms with Crippen molar-refractivity contribution in [2.75, 3.05) is 6.54 Å². The highest BCUT2D eigenvalue weighted by molar-refractivity contribution is 9.11. The molecular weight excluding hydrogens is 702 g/mol. The predicted molar refractivity (Wildman–Crippen MR) is 195 cm³/mol. The van der Waals surface area contributed by atoms with Crippen molar-refractivity contribution in [2.45, 2.75) is 142 Å². The van der Waals surface area contributed by atoms with E-state index in [2.05, 4.69) is 45.7 Å². The summed E-state index contributed by atoms with van der Waals surface area (Å²) in [6, 6.07) is 4.06. The summed E-state index contributed by atoms with van der Waals surface area (Å²) in [4.78, 5) is 29.5. The number of nitrogens with zero attached hydrogens (tertiary/aromatic N) is 1. The van der Waals surface area contributed by atoms with Crippen LogP contribution >= 0.6 is 54.5 Å². The topological polar surface area (TPSA) is 37.4 Å². The number of amides is 2. The number of hydrogen-bond donors (Lipinski definition) is 0. The number of hydrogen-bond acceptors (Lipinski definition) is 4. The number of halogens is 2. The Balaban J connectivity index is 1.37. The van der Waals surface area contributed by atoms with Gasteiger partial charge in [-0.1, -0.05) is 129 Å². The Kier molecular flexibility index (Phi) is 15.0. The minimum atomic E-state index is -0.0940. The Morgan fingerprint density at radius 1 is 0.581 bits per heavy atom. The van der Waals surface area contributed by atoms with Crippen LogP contribution in [0.4, 0.5) is 0 Å². The van der Waals surface area contributed by atoms with Gasteiger partial charge in [-0.05, 0) is 62.8 Å². The van der Waals surface area contributed by atoms with E-state index in [4.69, 9.17) is 0 Å². The van der Waals surface area contributed by atoms with Crippen LogP contribution in [0.3, 0.4) is 0 Å². The van der Waals surface area contributed by atoms with Gasteiger partial charge in [0.05, 0.1) is 28.1 Å². The van der Waals surface area contributed by atoms with E-state index in [9.17, 15) is 9.59 Å². The highest BCUT2D eigenvalue weighted by Crippen LogP contribution is 2.47. The molecule has 0 N–H and O–H groups in total. The number of thiophene rings is 2. The van der Waals surface area contributed by atoms with Crippen LogP contribution < -0.4 is 0 Å². The van der Waals surface area contributed by atoms with Crippen molar-refractivity contribution in [3.63, 3.8) is 0 Å². The van der Waals surface area contributed by atoms with Crippen LogP contribution in [0.1, 0.15) is 163 Å². The second-order valence-electron chi connectivity index (χ2n) is 12.7. The van der Waals surface area contributed by atoms with Crippen LogP contribution in [-0.4, -0.2) is 23.3 Å². The van der Waals surface area contributed by atoms with E-state index in [1.165, 1.54) is 116 Å². The minimum Gasteiger partial charge on any atom is -0.274 e. The summed E-state index contributed by atoms with van der Waals surface area (Å²) in [6.45, 7) is 5.10. The quantitative estimate of drug-likeness (QED) is 0.0757. The number of fused-ring (bicyclic) bond motifs is 6. The molecule has 7 heteroatoms. The van der Waals surface area contributed by atoms with Gasteiger partial charge in [0.2, 0.25) is 0 Å². The van der Waals surface area contributed by atoms with Crippen LogP contribution in [0.2, 0.25) is 0 Å². The van der Waals surface area contributed by atoms with Crippen molar-refractivity contribution >= 4 is 86.5 Å². The molecule has 0 aliphatic carbocycles. The molecule has 0 saturated carbocycles. The molecule has 43 heavy (non-hydrogen) atoms. The maximum absolute atomic E-state index is 13.9. The van der Waals surface area contributed by atoms with Crippen molar-refractivity contribution < 1.29 is 9.59 Å². The lowest BCUT2D eigenvalue weighted by atomic mass is 9.93. The van der Waals surface area contributed by atoms with E-state index < -0.39 is 0 Å². The Morgan fingerprint density at radius 3 is 1.30 bits per heavy atom. The van der Waals surface area contributed by atoms with Gasteiger partial charge in [-0.15, -0.1) is 22.7 Å². The summed E-state index contributed by atoms with van der Waals surface area (Å²) in [6.07, 6.45) is 26.0. The summed E-state index contributed by atoms with van der Waals surface area (Å²) in [5, 5.41) is 1.84. The van der Waals surface area contributed by atoms with Crippen molar-refractivity contribution in [1.29, 1.82) is 0 Å². The zero-order valence-electron chi connectivity index (χ0n) is 26.4. The van der Waals surface area contributed by atoms with Gasteiger partial charge >= 0.3 is 0 Å². The van der Waals surface area contributed by atoms with Crippen molar-refractivity contribution in [2.24, 2.45) is 5.92 Å². The summed E-state index contributed by atoms with van der Waals surface area (Å²) < 4.78 is 4.18. The van der Waals surface area contributed by atoms with Gasteiger partial charge in [0.15, 0.2) is 0 Å². The molecular formula is C36H51Br2NO2S2. The first-order chi connectivity index (χ1) is 21.0. The summed E-state index contributed by atoms with van der Waals surface area (Å²) in [5.74, 6) is 0.192. The van der Waals surface area contributed by atoms with Crippen LogP contribution in [0.15, 0.2) is 19.7 Å². The summed E-state index contributed by atoms with van der Waals surface area (Å²) in [7, 11) is 0. The van der Waals surface area contributed by atoms with Crippen molar-refractivity contribution in [1.82, 2.24) is 4.90 Å². The zero-order chi connectivity index (χ0) is 30.6. The molecule has 1 aliphatic heterocycles. The molecule has 4 rings (SSSR count). The smallest absolute Gasteiger partial charge is 0.262 e. The van der Waals surface area contributed by atoms with Crippen LogP contribution in [0.25, 0.3) is 20.2 Å². The fraction of sp³-hybridized carbons (Fsp3) is 0.667. The average Bonchev–Trinajstić information content (AvgIpc) is 3.64. The third kappa shape index (κ3) is 9.62. The van der Waals surface area contributed by atoms with Gasteiger partial charge in [-0.2, -0.15) is 0 Å². The van der Waals surface area contributed by atoms with Gasteiger partial charge in [0.1, 0.15) is 0 Å². The normalized spacial score (nSPS) is 14.1. The Hall–Kier alpha value is -0.760. The van der Waals surface area contributed by atoms with E-state index in [1.807, 2.05) is 12.1 Å². The largest absolute Gasteiger partial charge is 0.274 e. The third-order valence-electron chi connectivity index (χ3n) is 9.19. The first-order valence-corrected chi connectivity index (χ1v) is 20.4. The number of imide groups is 1. The predicted octanol–water partition coefficient (Wildman–Crippen LogP) is 13.7. The van der Waals surface area contributed by atoms with Gasteiger partial charge in [-0.3, -0.25) is 14.5 Å². The molecule has 1 atom stereocenters. The minimum absolute atomic E-state index is 0.0940. The molecule has 2 aromatic heterocycles. The summed E-state index contributed by atoms with van der Waals surface area (Å²) >= 11 is 10.6. The number of unbranched alkanes of at least 4 members (excludes halogenated alkanes) is 16. The van der Waals surface area contributed by atoms with Gasteiger partial charge < -0.3 is 0 Å². The molecule has 0 bridgehead atoms. The Labute approximate surface area is 284 Å². The van der Waals surface area contributed by atoms with Crippen molar-refractivity contribution in [3.05, 3.63) is 30.8 Å². The molecule has 1 aromatic carbocycles. The van der Waals surface area contributed by atoms with E-state index in [1.54, 1.807) is 27.6 Å². The maximum atomic E-state index is 13.9. The molecule has 2 amide bonds. The highest BCUT2D eigenvalue weighted by Gasteiger charge is 2.40. The second-order valence-corrected chi connectivity index (χ2v) is 17.5. The molecule has 238 valence electrons. The van der Waals surface area contributed by atoms with Crippen LogP contribution in [0, 0.1) is 5.92 Å². The highest BCUT2D eigenvalue weighted by atomic mass is 79.9. The lowest BCUT2D eigenvalue weighted by molar-refractivity contribution is 0.0623. The molecule has 3 aromatic rings. The molecule has 1 unspecified atom stereocenters. The molecule has 0 spiro atoms. The third-order valence-corrected chi connectivity index (χ3v) is 12.6. The number of carbonyl (C=O) groups excluding carboxylic acids is 2. The van der Waals surface area contributed by atoms with Gasteiger partial charge in [0.25, 0.3) is 11.8 Å². The van der Waals surface area contributed by atoms with Crippen LogP contribution in [-0.2, 0) is 0 Å². The fourth-order valence-electron chi connectivity index (χ4n) is 6.74. The monoisotopic (exact) mass is 751 g/mol. The SMILES string of the molecule is CCCCCCCCCCCCC(CCCCCCCCCC)CN1C(=O)c2c(c3cc(Br)sc3c3sc(Br)cc23)C1=O. The zero-order valence-corrected chi connectivity index (χ0v) is 31.2. The molecule has 1 aliphatic rings. The number of carbonyl (C=O) groups is 2. The first-order valence-electron chi connectivity index (χ1n) is 17.2. The first kappa shape index (κ1) is 35.1. The van der Waals surface area contributed by atoms with Gasteiger partial charge in [-0.25, -0.2) is 0 Å².